The number of aliphatic hydroxyl groups excluding tert-OH is 2. The first-order chi connectivity index (χ1) is 9.66. The van der Waals surface area contributed by atoms with E-state index in [-0.39, 0.29) is 22.0 Å². The third-order valence-electron chi connectivity index (χ3n) is 2.64. The molecule has 0 saturated heterocycles. The van der Waals surface area contributed by atoms with E-state index in [1.54, 1.807) is 6.07 Å². The molecule has 4 nitrogen and oxygen atoms in total. The fraction of sp³-hybridized carbons (Fsp3) is 0.385. The van der Waals surface area contributed by atoms with E-state index in [0.717, 1.165) is 23.9 Å². The fourth-order valence-electron chi connectivity index (χ4n) is 1.59. The number of hydrogen-bond donors (Lipinski definition) is 2. The largest absolute Gasteiger partial charge is 0.416 e. The fourth-order valence-corrected chi connectivity index (χ4v) is 2.17. The molecule has 0 amide bonds. The highest BCUT2D eigenvalue weighted by Gasteiger charge is 2.32. The number of nitriles is 1. The molecular weight excluding hydrogens is 307 g/mol. The van der Waals surface area contributed by atoms with Gasteiger partial charge in [0, 0.05) is 18.2 Å². The van der Waals surface area contributed by atoms with E-state index in [4.69, 9.17) is 5.26 Å². The third kappa shape index (κ3) is 4.74. The van der Waals surface area contributed by atoms with Crippen LogP contribution in [0.25, 0.3) is 0 Å². The summed E-state index contributed by atoms with van der Waals surface area (Å²) in [6, 6.07) is 3.96. The second-order valence-corrected chi connectivity index (χ2v) is 5.42. The molecule has 0 aliphatic heterocycles. The Balaban J connectivity index is 3.09. The van der Waals surface area contributed by atoms with Crippen LogP contribution in [0.15, 0.2) is 18.2 Å². The molecule has 0 spiro atoms. The van der Waals surface area contributed by atoms with Gasteiger partial charge in [0.15, 0.2) is 5.12 Å². The van der Waals surface area contributed by atoms with Gasteiger partial charge >= 0.3 is 6.18 Å². The molecule has 2 atom stereocenters. The number of halogens is 3. The Kier molecular flexibility index (Phi) is 5.78. The Bertz CT molecular complexity index is 569. The van der Waals surface area contributed by atoms with Crippen molar-refractivity contribution < 1.29 is 28.2 Å². The van der Waals surface area contributed by atoms with Gasteiger partial charge in [-0.15, -0.1) is 0 Å². The van der Waals surface area contributed by atoms with E-state index in [1.165, 1.54) is 6.92 Å². The summed E-state index contributed by atoms with van der Waals surface area (Å²) in [7, 11) is 0. The molecule has 0 aliphatic rings. The van der Waals surface area contributed by atoms with Gasteiger partial charge in [-0.1, -0.05) is 11.8 Å². The molecule has 0 heterocycles. The van der Waals surface area contributed by atoms with Crippen LogP contribution in [0.3, 0.4) is 0 Å². The van der Waals surface area contributed by atoms with Gasteiger partial charge in [0.2, 0.25) is 0 Å². The zero-order valence-electron chi connectivity index (χ0n) is 10.9. The zero-order chi connectivity index (χ0) is 16.2. The first-order valence-corrected chi connectivity index (χ1v) is 6.76. The number of hydrogen-bond acceptors (Lipinski definition) is 5. The Morgan fingerprint density at radius 2 is 2.05 bits per heavy atom. The number of rotatable bonds is 4. The van der Waals surface area contributed by atoms with E-state index < -0.39 is 23.9 Å². The molecule has 2 N–H and O–H groups in total. The van der Waals surface area contributed by atoms with Gasteiger partial charge in [0.1, 0.15) is 6.10 Å². The van der Waals surface area contributed by atoms with Crippen molar-refractivity contribution in [3.05, 3.63) is 34.9 Å². The summed E-state index contributed by atoms with van der Waals surface area (Å²) in [5.74, 6) is -0.183. The molecule has 8 heteroatoms. The van der Waals surface area contributed by atoms with E-state index >= 15 is 0 Å². The summed E-state index contributed by atoms with van der Waals surface area (Å²) in [6.07, 6.45) is -7.77. The van der Waals surface area contributed by atoms with Crippen LogP contribution < -0.4 is 0 Å². The van der Waals surface area contributed by atoms with Gasteiger partial charge < -0.3 is 10.2 Å². The van der Waals surface area contributed by atoms with E-state index in [9.17, 15) is 28.2 Å². The molecule has 0 fully saturated rings. The molecule has 0 aliphatic carbocycles. The number of nitrogens with zero attached hydrogens (tertiary/aromatic N) is 1. The zero-order valence-corrected chi connectivity index (χ0v) is 11.7. The predicted molar refractivity (Wildman–Crippen MR) is 70.3 cm³/mol. The topological polar surface area (TPSA) is 81.3 Å². The SMILES string of the molecule is CC(=O)SCC(O)C(O)c1cc(C(F)(F)F)ccc1C#N. The van der Waals surface area contributed by atoms with Crippen LogP contribution >= 0.6 is 11.8 Å². The lowest BCUT2D eigenvalue weighted by Gasteiger charge is -2.19. The van der Waals surface area contributed by atoms with Crippen LogP contribution in [-0.4, -0.2) is 27.2 Å². The van der Waals surface area contributed by atoms with Crippen LogP contribution in [0.4, 0.5) is 13.2 Å². The van der Waals surface area contributed by atoms with Crippen molar-refractivity contribution in [1.82, 2.24) is 0 Å². The molecule has 2 unspecified atom stereocenters. The normalized spacial score (nSPS) is 14.3. The summed E-state index contributed by atoms with van der Waals surface area (Å²) in [4.78, 5) is 10.8. The molecule has 21 heavy (non-hydrogen) atoms. The first kappa shape index (κ1) is 17.5. The highest BCUT2D eigenvalue weighted by Crippen LogP contribution is 2.33. The molecular formula is C13H12F3NO3S. The maximum Gasteiger partial charge on any atom is 0.416 e. The van der Waals surface area contributed by atoms with Crippen molar-refractivity contribution >= 4 is 16.9 Å². The quantitative estimate of drug-likeness (QED) is 0.889. The van der Waals surface area contributed by atoms with Crippen molar-refractivity contribution in [3.8, 4) is 6.07 Å². The van der Waals surface area contributed by atoms with Gasteiger partial charge in [-0.3, -0.25) is 4.79 Å². The average Bonchev–Trinajstić information content (AvgIpc) is 2.42. The summed E-state index contributed by atoms with van der Waals surface area (Å²) in [6.45, 7) is 1.26. The Labute approximate surface area is 123 Å². The number of carbonyl (C=O) groups is 1. The molecule has 0 aromatic heterocycles. The van der Waals surface area contributed by atoms with Crippen LogP contribution in [-0.2, 0) is 11.0 Å². The highest BCUT2D eigenvalue weighted by molar-refractivity contribution is 8.13. The lowest BCUT2D eigenvalue weighted by Crippen LogP contribution is -2.23. The van der Waals surface area contributed by atoms with Crippen molar-refractivity contribution in [2.45, 2.75) is 25.3 Å². The molecule has 0 saturated carbocycles. The van der Waals surface area contributed by atoms with Gasteiger partial charge in [-0.25, -0.2) is 0 Å². The monoisotopic (exact) mass is 319 g/mol. The molecule has 1 aromatic carbocycles. The van der Waals surface area contributed by atoms with Gasteiger partial charge in [0.05, 0.1) is 23.3 Å². The van der Waals surface area contributed by atoms with Crippen molar-refractivity contribution in [3.63, 3.8) is 0 Å². The number of thioether (sulfide) groups is 1. The van der Waals surface area contributed by atoms with Gasteiger partial charge in [-0.05, 0) is 18.2 Å². The molecule has 0 bridgehead atoms. The lowest BCUT2D eigenvalue weighted by molar-refractivity contribution is -0.137. The third-order valence-corrected chi connectivity index (χ3v) is 3.55. The molecule has 1 rings (SSSR count). The molecule has 0 radical (unpaired) electrons. The smallest absolute Gasteiger partial charge is 0.389 e. The number of aliphatic hydroxyl groups is 2. The van der Waals surface area contributed by atoms with Crippen LogP contribution in [0.1, 0.15) is 29.7 Å². The Morgan fingerprint density at radius 3 is 2.52 bits per heavy atom. The summed E-state index contributed by atoms with van der Waals surface area (Å²) < 4.78 is 37.9. The van der Waals surface area contributed by atoms with E-state index in [2.05, 4.69) is 0 Å². The highest BCUT2D eigenvalue weighted by atomic mass is 32.2. The van der Waals surface area contributed by atoms with Crippen LogP contribution in [0.2, 0.25) is 0 Å². The van der Waals surface area contributed by atoms with Gasteiger partial charge in [-0.2, -0.15) is 18.4 Å². The summed E-state index contributed by atoms with van der Waals surface area (Å²) >= 11 is 0.732. The maximum absolute atomic E-state index is 12.6. The van der Waals surface area contributed by atoms with Gasteiger partial charge in [0.25, 0.3) is 0 Å². The van der Waals surface area contributed by atoms with Crippen molar-refractivity contribution in [2.75, 3.05) is 5.75 Å². The summed E-state index contributed by atoms with van der Waals surface area (Å²) in [5, 5.41) is 28.2. The van der Waals surface area contributed by atoms with Crippen LogP contribution in [0, 0.1) is 11.3 Å². The van der Waals surface area contributed by atoms with Crippen molar-refractivity contribution in [2.24, 2.45) is 0 Å². The second-order valence-electron chi connectivity index (χ2n) is 4.23. The average molecular weight is 319 g/mol. The minimum absolute atomic E-state index is 0.164. The van der Waals surface area contributed by atoms with E-state index in [1.807, 2.05) is 0 Å². The number of benzene rings is 1. The predicted octanol–water partition coefficient (Wildman–Crippen LogP) is 2.25. The minimum atomic E-state index is -4.62. The summed E-state index contributed by atoms with van der Waals surface area (Å²) in [5.41, 5.74) is -1.51. The first-order valence-electron chi connectivity index (χ1n) is 5.77. The second kappa shape index (κ2) is 6.93. The number of alkyl halides is 3. The minimum Gasteiger partial charge on any atom is -0.389 e. The molecule has 1 aromatic rings. The standard InChI is InChI=1S/C13H12F3NO3S/c1-7(18)21-6-11(19)12(20)10-4-9(13(14,15)16)3-2-8(10)5-17/h2-4,11-12,19-20H,6H2,1H3. The maximum atomic E-state index is 12.6. The Hall–Kier alpha value is -1.56. The Morgan fingerprint density at radius 1 is 1.43 bits per heavy atom. The lowest BCUT2D eigenvalue weighted by atomic mass is 9.97. The van der Waals surface area contributed by atoms with Crippen LogP contribution in [0.5, 0.6) is 0 Å². The van der Waals surface area contributed by atoms with Crippen molar-refractivity contribution in [1.29, 1.82) is 5.26 Å². The number of carbonyl (C=O) groups excluding carboxylic acids is 1. The van der Waals surface area contributed by atoms with E-state index in [0.29, 0.717) is 6.07 Å². The molecule has 114 valence electrons.